The molecule has 0 saturated carbocycles. The van der Waals surface area contributed by atoms with Gasteiger partial charge in [-0.1, -0.05) is 56.5 Å². The van der Waals surface area contributed by atoms with Crippen molar-refractivity contribution in [3.05, 3.63) is 72.6 Å². The molecule has 0 spiro atoms. The number of carbonyl (C=O) groups is 1. The van der Waals surface area contributed by atoms with E-state index in [9.17, 15) is 4.79 Å². The van der Waals surface area contributed by atoms with E-state index in [0.29, 0.717) is 23.8 Å². The lowest BCUT2D eigenvalue weighted by Crippen LogP contribution is -2.35. The Morgan fingerprint density at radius 3 is 2.61 bits per heavy atom. The van der Waals surface area contributed by atoms with Crippen LogP contribution in [0.3, 0.4) is 0 Å². The first-order valence-electron chi connectivity index (χ1n) is 10.4. The third-order valence-corrected chi connectivity index (χ3v) is 4.82. The van der Waals surface area contributed by atoms with Gasteiger partial charge in [0.25, 0.3) is 0 Å². The first kappa shape index (κ1) is 24.0. The summed E-state index contributed by atoms with van der Waals surface area (Å²) in [6, 6.07) is 12.2. The molecule has 3 rings (SSSR count). The van der Waals surface area contributed by atoms with Crippen LogP contribution in [0.1, 0.15) is 30.2 Å². The lowest BCUT2D eigenvalue weighted by molar-refractivity contribution is -0.114. The molecule has 1 aromatic heterocycles. The van der Waals surface area contributed by atoms with E-state index in [0.717, 1.165) is 18.4 Å². The van der Waals surface area contributed by atoms with Crippen LogP contribution in [-0.4, -0.2) is 41.9 Å². The molecular weight excluding hydrogens is 388 g/mol. The number of nitrogens with one attached hydrogen (secondary N) is 2. The van der Waals surface area contributed by atoms with Gasteiger partial charge in [-0.15, -0.1) is 0 Å². The average Bonchev–Trinajstić information content (AvgIpc) is 3.18. The van der Waals surface area contributed by atoms with Gasteiger partial charge in [-0.2, -0.15) is 0 Å². The van der Waals surface area contributed by atoms with E-state index in [1.807, 2.05) is 6.07 Å². The lowest BCUT2D eigenvalue weighted by Gasteiger charge is -2.08. The summed E-state index contributed by atoms with van der Waals surface area (Å²) < 4.78 is 0. The first-order chi connectivity index (χ1) is 15.0. The number of nitrogens with two attached hydrogens (primary N) is 2. The van der Waals surface area contributed by atoms with Crippen molar-refractivity contribution in [3.63, 3.8) is 0 Å². The fraction of sp³-hybridized carbons (Fsp3) is 0.292. The summed E-state index contributed by atoms with van der Waals surface area (Å²) in [4.78, 5) is 20.4. The second kappa shape index (κ2) is 12.4. The van der Waals surface area contributed by atoms with Crippen molar-refractivity contribution in [2.24, 2.45) is 16.5 Å². The Bertz CT molecular complexity index is 910. The summed E-state index contributed by atoms with van der Waals surface area (Å²) in [6.07, 6.45) is 6.73. The number of amidine groups is 1. The molecule has 2 atom stereocenters. The summed E-state index contributed by atoms with van der Waals surface area (Å²) in [5, 5.41) is 5.87. The zero-order chi connectivity index (χ0) is 22.6. The Morgan fingerprint density at radius 2 is 2.06 bits per heavy atom. The SMILES string of the molecule is C=Cc1cc(NC(=O)CN=C2NC(CN)CC2N)cnc1C=C.CCc1ccccc1. The van der Waals surface area contributed by atoms with Crippen LogP contribution in [0.25, 0.3) is 12.2 Å². The summed E-state index contributed by atoms with van der Waals surface area (Å²) in [5.41, 5.74) is 15.0. The van der Waals surface area contributed by atoms with E-state index in [4.69, 9.17) is 11.5 Å². The molecule has 1 aliphatic heterocycles. The highest BCUT2D eigenvalue weighted by Gasteiger charge is 2.25. The van der Waals surface area contributed by atoms with Gasteiger partial charge in [0.1, 0.15) is 12.4 Å². The summed E-state index contributed by atoms with van der Waals surface area (Å²) >= 11 is 0. The maximum absolute atomic E-state index is 12.0. The van der Waals surface area contributed by atoms with E-state index >= 15 is 0 Å². The maximum Gasteiger partial charge on any atom is 0.246 e. The van der Waals surface area contributed by atoms with Gasteiger partial charge >= 0.3 is 0 Å². The van der Waals surface area contributed by atoms with Crippen LogP contribution >= 0.6 is 0 Å². The minimum absolute atomic E-state index is 0.0139. The van der Waals surface area contributed by atoms with Crippen LogP contribution in [0.5, 0.6) is 0 Å². The Balaban J connectivity index is 0.000000357. The van der Waals surface area contributed by atoms with Gasteiger partial charge in [-0.3, -0.25) is 14.8 Å². The molecule has 2 unspecified atom stereocenters. The van der Waals surface area contributed by atoms with Gasteiger partial charge in [0.2, 0.25) is 5.91 Å². The van der Waals surface area contributed by atoms with Crippen molar-refractivity contribution in [2.75, 3.05) is 18.4 Å². The largest absolute Gasteiger partial charge is 0.368 e. The van der Waals surface area contributed by atoms with Crippen molar-refractivity contribution in [1.82, 2.24) is 10.3 Å². The number of pyridine rings is 1. The molecule has 1 saturated heterocycles. The third-order valence-electron chi connectivity index (χ3n) is 4.82. The molecule has 6 N–H and O–H groups in total. The zero-order valence-corrected chi connectivity index (χ0v) is 18.1. The smallest absolute Gasteiger partial charge is 0.246 e. The van der Waals surface area contributed by atoms with Gasteiger partial charge < -0.3 is 22.1 Å². The number of nitrogens with zero attached hydrogens (tertiary/aromatic N) is 2. The fourth-order valence-corrected chi connectivity index (χ4v) is 3.08. The number of hydrogen-bond acceptors (Lipinski definition) is 5. The Morgan fingerprint density at radius 1 is 1.32 bits per heavy atom. The van der Waals surface area contributed by atoms with Crippen molar-refractivity contribution in [3.8, 4) is 0 Å². The standard InChI is InChI=1S/C16H22N6O.C8H10/c1-3-10-5-12(8-19-14(10)4-2)21-15(23)9-20-16-13(18)6-11(7-17)22-16;1-2-8-6-4-3-5-7-8/h3-5,8,11,13H,1-2,6-7,9,17-18H2,(H,20,22)(H,21,23);3-7H,2H2,1H3. The summed E-state index contributed by atoms with van der Waals surface area (Å²) in [6.45, 7) is 10.0. The molecule has 1 fully saturated rings. The van der Waals surface area contributed by atoms with Crippen LogP contribution in [-0.2, 0) is 11.2 Å². The molecule has 164 valence electrons. The minimum Gasteiger partial charge on any atom is -0.368 e. The Kier molecular flexibility index (Phi) is 9.61. The lowest BCUT2D eigenvalue weighted by atomic mass is 10.2. The molecule has 1 aliphatic rings. The molecule has 7 nitrogen and oxygen atoms in total. The number of aliphatic imine (C=N–C) groups is 1. The number of rotatable bonds is 7. The molecule has 31 heavy (non-hydrogen) atoms. The molecule has 0 radical (unpaired) electrons. The second-order valence-electron chi connectivity index (χ2n) is 7.11. The van der Waals surface area contributed by atoms with Crippen molar-refractivity contribution >= 4 is 29.6 Å². The summed E-state index contributed by atoms with van der Waals surface area (Å²) in [5.74, 6) is 0.383. The molecule has 7 heteroatoms. The van der Waals surface area contributed by atoms with Crippen LogP contribution in [0.15, 0.2) is 60.7 Å². The van der Waals surface area contributed by atoms with Crippen molar-refractivity contribution < 1.29 is 4.79 Å². The summed E-state index contributed by atoms with van der Waals surface area (Å²) in [7, 11) is 0. The van der Waals surface area contributed by atoms with Gasteiger partial charge in [0.15, 0.2) is 0 Å². The number of benzene rings is 1. The van der Waals surface area contributed by atoms with Gasteiger partial charge in [-0.25, -0.2) is 0 Å². The van der Waals surface area contributed by atoms with Gasteiger partial charge in [0.05, 0.1) is 23.6 Å². The Labute approximate surface area is 184 Å². The van der Waals surface area contributed by atoms with E-state index in [1.54, 1.807) is 24.4 Å². The molecule has 2 heterocycles. The predicted molar refractivity (Wildman–Crippen MR) is 130 cm³/mol. The fourth-order valence-electron chi connectivity index (χ4n) is 3.08. The van der Waals surface area contributed by atoms with E-state index in [-0.39, 0.29) is 24.5 Å². The predicted octanol–water partition coefficient (Wildman–Crippen LogP) is 2.60. The zero-order valence-electron chi connectivity index (χ0n) is 18.1. The highest BCUT2D eigenvalue weighted by molar-refractivity contribution is 5.96. The number of anilines is 1. The molecule has 0 aliphatic carbocycles. The molecule has 2 aromatic rings. The third kappa shape index (κ3) is 7.47. The minimum atomic E-state index is -0.245. The Hall–Kier alpha value is -3.29. The number of hydrogen-bond donors (Lipinski definition) is 4. The van der Waals surface area contributed by atoms with Crippen molar-refractivity contribution in [2.45, 2.75) is 31.8 Å². The van der Waals surface area contributed by atoms with Crippen LogP contribution in [0.2, 0.25) is 0 Å². The number of carbonyl (C=O) groups excluding carboxylic acids is 1. The number of aryl methyl sites for hydroxylation is 1. The highest BCUT2D eigenvalue weighted by atomic mass is 16.1. The molecule has 1 aromatic carbocycles. The number of amides is 1. The van der Waals surface area contributed by atoms with Crippen molar-refractivity contribution in [1.29, 1.82) is 0 Å². The average molecular weight is 421 g/mol. The second-order valence-corrected chi connectivity index (χ2v) is 7.11. The van der Waals surface area contributed by atoms with Crippen LogP contribution < -0.4 is 22.1 Å². The quantitative estimate of drug-likeness (QED) is 0.549. The first-order valence-corrected chi connectivity index (χ1v) is 10.4. The highest BCUT2D eigenvalue weighted by Crippen LogP contribution is 2.15. The molecule has 0 bridgehead atoms. The number of aromatic nitrogens is 1. The topological polar surface area (TPSA) is 118 Å². The van der Waals surface area contributed by atoms with Gasteiger partial charge in [-0.05, 0) is 30.5 Å². The van der Waals surface area contributed by atoms with E-state index in [1.165, 1.54) is 5.56 Å². The monoisotopic (exact) mass is 420 g/mol. The van der Waals surface area contributed by atoms with Gasteiger partial charge in [0, 0.05) is 18.2 Å². The maximum atomic E-state index is 12.0. The van der Waals surface area contributed by atoms with E-state index < -0.39 is 0 Å². The van der Waals surface area contributed by atoms with Crippen LogP contribution in [0, 0.1) is 0 Å². The molecule has 1 amide bonds. The normalized spacial score (nSPS) is 18.5. The molecular formula is C24H32N6O. The van der Waals surface area contributed by atoms with Crippen LogP contribution in [0.4, 0.5) is 5.69 Å². The van der Waals surface area contributed by atoms with E-state index in [2.05, 4.69) is 65.0 Å².